The number of halogens is 2. The summed E-state index contributed by atoms with van der Waals surface area (Å²) in [5, 5.41) is 5.91. The minimum Gasteiger partial charge on any atom is -0.324 e. The van der Waals surface area contributed by atoms with Crippen LogP contribution in [0.1, 0.15) is 18.5 Å². The molecule has 0 bridgehead atoms. The topological polar surface area (TPSA) is 67.1 Å². The molecule has 0 aliphatic carbocycles. The molecule has 0 heterocycles. The highest BCUT2D eigenvalue weighted by molar-refractivity contribution is 9.10. The van der Waals surface area contributed by atoms with Crippen LogP contribution in [0.5, 0.6) is 0 Å². The first-order valence-corrected chi connectivity index (χ1v) is 7.51. The lowest BCUT2D eigenvalue weighted by atomic mass is 10.1. The molecule has 110 valence electrons. The van der Waals surface area contributed by atoms with Gasteiger partial charge in [-0.05, 0) is 42.8 Å². The summed E-state index contributed by atoms with van der Waals surface area (Å²) in [6.45, 7) is 1.89. The van der Waals surface area contributed by atoms with E-state index in [0.29, 0.717) is 16.4 Å². The molecule has 0 aliphatic rings. The van der Waals surface area contributed by atoms with Crippen LogP contribution >= 0.6 is 27.5 Å². The first-order chi connectivity index (χ1) is 9.95. The molecule has 0 spiro atoms. The normalized spacial score (nSPS) is 11.8. The summed E-state index contributed by atoms with van der Waals surface area (Å²) in [6.07, 6.45) is 0. The zero-order valence-corrected chi connectivity index (χ0v) is 13.7. The van der Waals surface area contributed by atoms with Crippen molar-refractivity contribution in [3.05, 3.63) is 57.5 Å². The molecule has 21 heavy (non-hydrogen) atoms. The number of nitrogens with one attached hydrogen (secondary N) is 2. The highest BCUT2D eigenvalue weighted by Crippen LogP contribution is 2.25. The lowest BCUT2D eigenvalue weighted by Gasteiger charge is -2.11. The quantitative estimate of drug-likeness (QED) is 0.730. The number of urea groups is 1. The summed E-state index contributed by atoms with van der Waals surface area (Å²) < 4.78 is 0.850. The second kappa shape index (κ2) is 6.93. The molecule has 0 radical (unpaired) electrons. The van der Waals surface area contributed by atoms with Gasteiger partial charge in [-0.3, -0.25) is 0 Å². The number of rotatable bonds is 3. The van der Waals surface area contributed by atoms with Crippen LogP contribution in [0.15, 0.2) is 46.9 Å². The predicted octanol–water partition coefficient (Wildman–Crippen LogP) is 4.77. The molecule has 4 N–H and O–H groups in total. The Hall–Kier alpha value is -1.56. The van der Waals surface area contributed by atoms with E-state index in [9.17, 15) is 4.79 Å². The average Bonchev–Trinajstić information content (AvgIpc) is 2.42. The van der Waals surface area contributed by atoms with Crippen LogP contribution in [0.3, 0.4) is 0 Å². The predicted molar refractivity (Wildman–Crippen MR) is 90.8 cm³/mol. The Labute approximate surface area is 136 Å². The molecule has 2 rings (SSSR count). The Bertz CT molecular complexity index is 661. The number of amides is 2. The lowest BCUT2D eigenvalue weighted by molar-refractivity contribution is 0.262. The van der Waals surface area contributed by atoms with Crippen LogP contribution in [-0.2, 0) is 0 Å². The van der Waals surface area contributed by atoms with E-state index in [1.54, 1.807) is 24.3 Å². The highest BCUT2D eigenvalue weighted by atomic mass is 79.9. The number of carbonyl (C=O) groups excluding carboxylic acids is 1. The van der Waals surface area contributed by atoms with Crippen molar-refractivity contribution in [2.75, 3.05) is 10.6 Å². The van der Waals surface area contributed by atoms with E-state index in [0.717, 1.165) is 10.0 Å². The third-order valence-electron chi connectivity index (χ3n) is 2.85. The summed E-state index contributed by atoms with van der Waals surface area (Å²) in [7, 11) is 0. The van der Waals surface area contributed by atoms with Gasteiger partial charge in [0.15, 0.2) is 0 Å². The Morgan fingerprint density at radius 3 is 2.67 bits per heavy atom. The molecule has 2 amide bonds. The number of hydrogen-bond donors (Lipinski definition) is 3. The third-order valence-corrected chi connectivity index (χ3v) is 3.66. The molecular formula is C15H15BrClN3O. The Morgan fingerprint density at radius 1 is 1.24 bits per heavy atom. The smallest absolute Gasteiger partial charge is 0.323 e. The zero-order valence-electron chi connectivity index (χ0n) is 11.4. The summed E-state index contributed by atoms with van der Waals surface area (Å²) in [6, 6.07) is 12.2. The fraction of sp³-hybridized carbons (Fsp3) is 0.133. The van der Waals surface area contributed by atoms with Gasteiger partial charge in [0, 0.05) is 16.2 Å². The molecule has 0 saturated heterocycles. The highest BCUT2D eigenvalue weighted by Gasteiger charge is 2.07. The summed E-state index contributed by atoms with van der Waals surface area (Å²) in [4.78, 5) is 12.0. The maximum absolute atomic E-state index is 12.0. The molecular weight excluding hydrogens is 354 g/mol. The van der Waals surface area contributed by atoms with E-state index in [4.69, 9.17) is 17.3 Å². The second-order valence-electron chi connectivity index (χ2n) is 4.62. The monoisotopic (exact) mass is 367 g/mol. The largest absolute Gasteiger partial charge is 0.324 e. The van der Waals surface area contributed by atoms with Gasteiger partial charge >= 0.3 is 6.03 Å². The van der Waals surface area contributed by atoms with Gasteiger partial charge in [-0.1, -0.05) is 39.7 Å². The molecule has 0 aliphatic heterocycles. The minimum atomic E-state index is -0.360. The van der Waals surface area contributed by atoms with Gasteiger partial charge in [-0.15, -0.1) is 0 Å². The van der Waals surface area contributed by atoms with Gasteiger partial charge in [-0.2, -0.15) is 0 Å². The fourth-order valence-electron chi connectivity index (χ4n) is 1.78. The van der Waals surface area contributed by atoms with E-state index in [2.05, 4.69) is 26.6 Å². The van der Waals surface area contributed by atoms with Crippen molar-refractivity contribution in [2.24, 2.45) is 5.73 Å². The van der Waals surface area contributed by atoms with E-state index >= 15 is 0 Å². The van der Waals surface area contributed by atoms with Crippen LogP contribution in [0.4, 0.5) is 16.2 Å². The molecule has 0 fully saturated rings. The number of carbonyl (C=O) groups is 1. The average molecular weight is 369 g/mol. The molecule has 6 heteroatoms. The van der Waals surface area contributed by atoms with Crippen molar-refractivity contribution >= 4 is 44.9 Å². The second-order valence-corrected chi connectivity index (χ2v) is 5.94. The molecule has 1 atom stereocenters. The van der Waals surface area contributed by atoms with Crippen molar-refractivity contribution in [2.45, 2.75) is 13.0 Å². The van der Waals surface area contributed by atoms with E-state index in [1.807, 2.05) is 25.1 Å². The van der Waals surface area contributed by atoms with E-state index in [1.165, 1.54) is 0 Å². The van der Waals surface area contributed by atoms with Gasteiger partial charge in [0.2, 0.25) is 0 Å². The Balaban J connectivity index is 2.06. The SMILES string of the molecule is CC(N)c1cccc(NC(=O)Nc2ccc(Br)cc2Cl)c1. The van der Waals surface area contributed by atoms with Crippen molar-refractivity contribution in [3.8, 4) is 0 Å². The molecule has 0 saturated carbocycles. The number of hydrogen-bond acceptors (Lipinski definition) is 2. The van der Waals surface area contributed by atoms with E-state index in [-0.39, 0.29) is 12.1 Å². The van der Waals surface area contributed by atoms with Gasteiger partial charge < -0.3 is 16.4 Å². The molecule has 1 unspecified atom stereocenters. The number of benzene rings is 2. The van der Waals surface area contributed by atoms with Gasteiger partial charge in [-0.25, -0.2) is 4.79 Å². The van der Waals surface area contributed by atoms with Gasteiger partial charge in [0.25, 0.3) is 0 Å². The number of nitrogens with two attached hydrogens (primary N) is 1. The van der Waals surface area contributed by atoms with Crippen molar-refractivity contribution in [1.29, 1.82) is 0 Å². The Kier molecular flexibility index (Phi) is 5.22. The lowest BCUT2D eigenvalue weighted by Crippen LogP contribution is -2.19. The Morgan fingerprint density at radius 2 is 2.00 bits per heavy atom. The fourth-order valence-corrected chi connectivity index (χ4v) is 2.50. The standard InChI is InChI=1S/C15H15BrClN3O/c1-9(18)10-3-2-4-12(7-10)19-15(21)20-14-6-5-11(16)8-13(14)17/h2-9H,18H2,1H3,(H2,19,20,21). The van der Waals surface area contributed by atoms with Crippen molar-refractivity contribution in [1.82, 2.24) is 0 Å². The van der Waals surface area contributed by atoms with Crippen LogP contribution in [0.25, 0.3) is 0 Å². The van der Waals surface area contributed by atoms with Crippen molar-refractivity contribution < 1.29 is 4.79 Å². The summed E-state index contributed by atoms with van der Waals surface area (Å²) in [5.41, 5.74) is 7.99. The third kappa shape index (κ3) is 4.46. The van der Waals surface area contributed by atoms with Crippen LogP contribution in [0.2, 0.25) is 5.02 Å². The van der Waals surface area contributed by atoms with Crippen LogP contribution in [-0.4, -0.2) is 6.03 Å². The van der Waals surface area contributed by atoms with Gasteiger partial charge in [0.05, 0.1) is 10.7 Å². The maximum atomic E-state index is 12.0. The van der Waals surface area contributed by atoms with E-state index < -0.39 is 0 Å². The summed E-state index contributed by atoms with van der Waals surface area (Å²) >= 11 is 9.37. The molecule has 2 aromatic carbocycles. The van der Waals surface area contributed by atoms with Crippen LogP contribution in [0, 0.1) is 0 Å². The first-order valence-electron chi connectivity index (χ1n) is 6.34. The summed E-state index contributed by atoms with van der Waals surface area (Å²) in [5.74, 6) is 0. The maximum Gasteiger partial charge on any atom is 0.323 e. The molecule has 0 aromatic heterocycles. The first kappa shape index (κ1) is 15.8. The minimum absolute atomic E-state index is 0.0873. The molecule has 2 aromatic rings. The van der Waals surface area contributed by atoms with Crippen LogP contribution < -0.4 is 16.4 Å². The van der Waals surface area contributed by atoms with Gasteiger partial charge in [0.1, 0.15) is 0 Å². The number of anilines is 2. The van der Waals surface area contributed by atoms with Crippen molar-refractivity contribution in [3.63, 3.8) is 0 Å². The molecule has 4 nitrogen and oxygen atoms in total. The zero-order chi connectivity index (χ0) is 15.4.